The van der Waals surface area contributed by atoms with E-state index >= 15 is 0 Å². The van der Waals surface area contributed by atoms with Crippen LogP contribution in [0.15, 0.2) is 11.8 Å². The van der Waals surface area contributed by atoms with Gasteiger partial charge in [0, 0.05) is 0 Å². The highest BCUT2D eigenvalue weighted by Crippen LogP contribution is 2.30. The van der Waals surface area contributed by atoms with Crippen LogP contribution in [0.3, 0.4) is 0 Å². The van der Waals surface area contributed by atoms with E-state index in [1.54, 1.807) is 0 Å². The van der Waals surface area contributed by atoms with Gasteiger partial charge in [0.25, 0.3) is 0 Å². The fourth-order valence-electron chi connectivity index (χ4n) is 2.36. The molecule has 1 heterocycles. The molecule has 0 bridgehead atoms. The fourth-order valence-corrected chi connectivity index (χ4v) is 2.36. The van der Waals surface area contributed by atoms with E-state index in [9.17, 15) is 0 Å². The Morgan fingerprint density at radius 1 is 1.31 bits per heavy atom. The second-order valence-electron chi connectivity index (χ2n) is 4.17. The van der Waals surface area contributed by atoms with E-state index in [0.717, 1.165) is 25.2 Å². The highest BCUT2D eigenvalue weighted by molar-refractivity contribution is 5.07. The molecule has 0 saturated heterocycles. The van der Waals surface area contributed by atoms with Crippen molar-refractivity contribution in [1.82, 2.24) is 0 Å². The van der Waals surface area contributed by atoms with Crippen LogP contribution in [0.4, 0.5) is 0 Å². The number of allylic oxidation sites excluding steroid dienone is 1. The third-order valence-corrected chi connectivity index (χ3v) is 3.20. The SMILES string of the molecule is NC(C1=CCCCO1)C1CCCC1. The molecule has 2 N–H and O–H groups in total. The van der Waals surface area contributed by atoms with Crippen LogP contribution in [0.1, 0.15) is 38.5 Å². The van der Waals surface area contributed by atoms with Crippen molar-refractivity contribution < 1.29 is 4.74 Å². The van der Waals surface area contributed by atoms with Crippen LogP contribution >= 0.6 is 0 Å². The minimum Gasteiger partial charge on any atom is -0.497 e. The van der Waals surface area contributed by atoms with Gasteiger partial charge in [-0.25, -0.2) is 0 Å². The lowest BCUT2D eigenvalue weighted by atomic mass is 9.96. The molecule has 2 nitrogen and oxygen atoms in total. The largest absolute Gasteiger partial charge is 0.497 e. The van der Waals surface area contributed by atoms with Crippen LogP contribution < -0.4 is 5.73 Å². The monoisotopic (exact) mass is 181 g/mol. The topological polar surface area (TPSA) is 35.2 Å². The number of rotatable bonds is 2. The summed E-state index contributed by atoms with van der Waals surface area (Å²) in [6, 6.07) is 0.183. The zero-order valence-corrected chi connectivity index (χ0v) is 8.17. The summed E-state index contributed by atoms with van der Waals surface area (Å²) < 4.78 is 5.59. The Balaban J connectivity index is 1.94. The first-order valence-electron chi connectivity index (χ1n) is 5.46. The molecule has 13 heavy (non-hydrogen) atoms. The molecule has 2 aliphatic rings. The molecular weight excluding hydrogens is 162 g/mol. The Morgan fingerprint density at radius 2 is 2.08 bits per heavy atom. The maximum absolute atomic E-state index is 6.16. The summed E-state index contributed by atoms with van der Waals surface area (Å²) in [5.41, 5.74) is 6.16. The first-order valence-corrected chi connectivity index (χ1v) is 5.46. The Morgan fingerprint density at radius 3 is 2.69 bits per heavy atom. The predicted octanol–water partition coefficient (Wildman–Crippen LogP) is 2.20. The van der Waals surface area contributed by atoms with Crippen LogP contribution in [-0.4, -0.2) is 12.6 Å². The van der Waals surface area contributed by atoms with Gasteiger partial charge in [-0.3, -0.25) is 0 Å². The van der Waals surface area contributed by atoms with Crippen molar-refractivity contribution in [1.29, 1.82) is 0 Å². The van der Waals surface area contributed by atoms with Crippen LogP contribution in [0.5, 0.6) is 0 Å². The van der Waals surface area contributed by atoms with E-state index in [1.165, 1.54) is 25.7 Å². The van der Waals surface area contributed by atoms with Crippen LogP contribution in [0.25, 0.3) is 0 Å². The fraction of sp³-hybridized carbons (Fsp3) is 0.818. The van der Waals surface area contributed by atoms with Crippen molar-refractivity contribution in [3.8, 4) is 0 Å². The molecule has 2 rings (SSSR count). The van der Waals surface area contributed by atoms with Gasteiger partial charge in [0.2, 0.25) is 0 Å². The minimum absolute atomic E-state index is 0.183. The van der Waals surface area contributed by atoms with Gasteiger partial charge < -0.3 is 10.5 Å². The molecular formula is C11H19NO. The maximum Gasteiger partial charge on any atom is 0.109 e. The second kappa shape index (κ2) is 4.14. The summed E-state index contributed by atoms with van der Waals surface area (Å²) in [5.74, 6) is 1.75. The first kappa shape index (κ1) is 9.07. The van der Waals surface area contributed by atoms with Gasteiger partial charge in [-0.05, 0) is 37.7 Å². The van der Waals surface area contributed by atoms with Crippen LogP contribution in [-0.2, 0) is 4.74 Å². The lowest BCUT2D eigenvalue weighted by Crippen LogP contribution is -2.32. The summed E-state index contributed by atoms with van der Waals surface area (Å²) >= 11 is 0. The van der Waals surface area contributed by atoms with Crippen molar-refractivity contribution >= 4 is 0 Å². The number of hydrogen-bond donors (Lipinski definition) is 1. The van der Waals surface area contributed by atoms with Gasteiger partial charge in [0.15, 0.2) is 0 Å². The zero-order valence-electron chi connectivity index (χ0n) is 8.17. The quantitative estimate of drug-likeness (QED) is 0.708. The molecule has 0 aromatic heterocycles. The van der Waals surface area contributed by atoms with E-state index in [0.29, 0.717) is 5.92 Å². The van der Waals surface area contributed by atoms with Crippen LogP contribution in [0, 0.1) is 5.92 Å². The summed E-state index contributed by atoms with van der Waals surface area (Å²) in [6.07, 6.45) is 9.78. The molecule has 2 heteroatoms. The predicted molar refractivity (Wildman–Crippen MR) is 53.2 cm³/mol. The standard InChI is InChI=1S/C11H19NO/c12-11(9-5-1-2-6-9)10-7-3-4-8-13-10/h7,9,11H,1-6,8,12H2. The molecule has 1 unspecified atom stereocenters. The average molecular weight is 181 g/mol. The third kappa shape index (κ3) is 2.05. The summed E-state index contributed by atoms with van der Waals surface area (Å²) in [5, 5.41) is 0. The minimum atomic E-state index is 0.183. The summed E-state index contributed by atoms with van der Waals surface area (Å²) in [4.78, 5) is 0. The van der Waals surface area contributed by atoms with Gasteiger partial charge in [-0.15, -0.1) is 0 Å². The number of hydrogen-bond acceptors (Lipinski definition) is 2. The Bertz CT molecular complexity index is 194. The van der Waals surface area contributed by atoms with Gasteiger partial charge in [0.05, 0.1) is 12.6 Å². The highest BCUT2D eigenvalue weighted by Gasteiger charge is 2.26. The van der Waals surface area contributed by atoms with E-state index in [-0.39, 0.29) is 6.04 Å². The Hall–Kier alpha value is -0.500. The molecule has 0 spiro atoms. The molecule has 1 aliphatic heterocycles. The average Bonchev–Trinajstić information content (AvgIpc) is 2.71. The molecule has 0 aromatic rings. The molecule has 1 fully saturated rings. The van der Waals surface area contributed by atoms with Crippen molar-refractivity contribution in [3.05, 3.63) is 11.8 Å². The van der Waals surface area contributed by atoms with E-state index in [4.69, 9.17) is 10.5 Å². The van der Waals surface area contributed by atoms with Gasteiger partial charge in [-0.2, -0.15) is 0 Å². The van der Waals surface area contributed by atoms with E-state index < -0.39 is 0 Å². The summed E-state index contributed by atoms with van der Waals surface area (Å²) in [6.45, 7) is 0.867. The maximum atomic E-state index is 6.16. The van der Waals surface area contributed by atoms with Gasteiger partial charge in [-0.1, -0.05) is 12.8 Å². The first-order chi connectivity index (χ1) is 6.38. The second-order valence-corrected chi connectivity index (χ2v) is 4.17. The molecule has 1 aliphatic carbocycles. The smallest absolute Gasteiger partial charge is 0.109 e. The molecule has 1 atom stereocenters. The normalized spacial score (nSPS) is 26.7. The molecule has 1 saturated carbocycles. The molecule has 0 amide bonds. The lowest BCUT2D eigenvalue weighted by Gasteiger charge is -2.24. The zero-order chi connectivity index (χ0) is 9.10. The van der Waals surface area contributed by atoms with Gasteiger partial charge >= 0.3 is 0 Å². The highest BCUT2D eigenvalue weighted by atomic mass is 16.5. The number of ether oxygens (including phenoxy) is 1. The van der Waals surface area contributed by atoms with Crippen molar-refractivity contribution in [3.63, 3.8) is 0 Å². The lowest BCUT2D eigenvalue weighted by molar-refractivity contribution is 0.162. The third-order valence-electron chi connectivity index (χ3n) is 3.20. The van der Waals surface area contributed by atoms with Crippen molar-refractivity contribution in [2.75, 3.05) is 6.61 Å². The molecule has 0 radical (unpaired) electrons. The Kier molecular flexibility index (Phi) is 2.89. The van der Waals surface area contributed by atoms with Crippen molar-refractivity contribution in [2.24, 2.45) is 11.7 Å². The van der Waals surface area contributed by atoms with Gasteiger partial charge in [0.1, 0.15) is 5.76 Å². The Labute approximate surface area is 80.1 Å². The molecule has 74 valence electrons. The number of nitrogens with two attached hydrogens (primary N) is 1. The van der Waals surface area contributed by atoms with Crippen LogP contribution in [0.2, 0.25) is 0 Å². The van der Waals surface area contributed by atoms with Crippen molar-refractivity contribution in [2.45, 2.75) is 44.6 Å². The van der Waals surface area contributed by atoms with E-state index in [2.05, 4.69) is 6.08 Å². The molecule has 0 aromatic carbocycles. The van der Waals surface area contributed by atoms with E-state index in [1.807, 2.05) is 0 Å². The summed E-state index contributed by atoms with van der Waals surface area (Å²) in [7, 11) is 0.